The van der Waals surface area contributed by atoms with Crippen LogP contribution in [0.1, 0.15) is 6.42 Å². The molecule has 1 aliphatic heterocycles. The fraction of sp³-hybridized carbons (Fsp3) is 1.00. The molecule has 0 amide bonds. The lowest BCUT2D eigenvalue weighted by Gasteiger charge is -2.08. The lowest BCUT2D eigenvalue weighted by Crippen LogP contribution is -2.21. The van der Waals surface area contributed by atoms with Crippen LogP contribution in [0.25, 0.3) is 0 Å². The highest BCUT2D eigenvalue weighted by Gasteiger charge is 2.33. The molecule has 3 unspecified atom stereocenters. The lowest BCUT2D eigenvalue weighted by atomic mass is 10.3. The molecule has 3 atom stereocenters. The Morgan fingerprint density at radius 2 is 2.10 bits per heavy atom. The fourth-order valence-corrected chi connectivity index (χ4v) is 0.969. The van der Waals surface area contributed by atoms with Gasteiger partial charge in [-0.1, -0.05) is 0 Å². The molecule has 1 aliphatic rings. The summed E-state index contributed by atoms with van der Waals surface area (Å²) in [6.07, 6.45) is -0.811. The van der Waals surface area contributed by atoms with Gasteiger partial charge in [0.25, 0.3) is 0 Å². The van der Waals surface area contributed by atoms with Gasteiger partial charge in [0.15, 0.2) is 12.6 Å². The molecule has 4 nitrogen and oxygen atoms in total. The monoisotopic (exact) mass is 148 g/mol. The van der Waals surface area contributed by atoms with Crippen molar-refractivity contribution in [3.63, 3.8) is 0 Å². The first kappa shape index (κ1) is 7.94. The molecule has 0 saturated carbocycles. The number of hydrogen-bond donors (Lipinski definition) is 1. The summed E-state index contributed by atoms with van der Waals surface area (Å²) in [4.78, 5) is 0. The molecule has 10 heavy (non-hydrogen) atoms. The normalized spacial score (nSPS) is 40.5. The van der Waals surface area contributed by atoms with E-state index in [-0.39, 0.29) is 12.4 Å². The van der Waals surface area contributed by atoms with Crippen LogP contribution in [0.2, 0.25) is 0 Å². The van der Waals surface area contributed by atoms with Crippen LogP contribution in [-0.2, 0) is 14.2 Å². The van der Waals surface area contributed by atoms with Crippen molar-refractivity contribution < 1.29 is 19.3 Å². The second-order valence-corrected chi connectivity index (χ2v) is 2.20. The molecule has 4 heteroatoms. The molecular formula is C6H12O4. The van der Waals surface area contributed by atoms with Crippen molar-refractivity contribution in [1.29, 1.82) is 0 Å². The number of rotatable bonds is 2. The first-order valence-corrected chi connectivity index (χ1v) is 3.17. The topological polar surface area (TPSA) is 47.9 Å². The minimum atomic E-state index is -0.838. The number of methoxy groups -OCH3 is 2. The average molecular weight is 148 g/mol. The molecule has 0 spiro atoms. The van der Waals surface area contributed by atoms with Gasteiger partial charge in [0.2, 0.25) is 0 Å². The molecule has 0 radical (unpaired) electrons. The quantitative estimate of drug-likeness (QED) is 0.584. The molecule has 1 saturated heterocycles. The van der Waals surface area contributed by atoms with Crippen molar-refractivity contribution >= 4 is 0 Å². The number of ether oxygens (including phenoxy) is 3. The molecule has 60 valence electrons. The maximum Gasteiger partial charge on any atom is 0.184 e. The van der Waals surface area contributed by atoms with E-state index in [2.05, 4.69) is 0 Å². The van der Waals surface area contributed by atoms with Gasteiger partial charge in [-0.25, -0.2) is 0 Å². The van der Waals surface area contributed by atoms with Crippen LogP contribution >= 0.6 is 0 Å². The standard InChI is InChI=1S/C6H12O4/c1-8-4-3-5(9-2)10-6(4)7/h4-7H,3H2,1-2H3. The molecule has 0 bridgehead atoms. The van der Waals surface area contributed by atoms with Gasteiger partial charge in [-0.2, -0.15) is 0 Å². The summed E-state index contributed by atoms with van der Waals surface area (Å²) in [7, 11) is 3.07. The van der Waals surface area contributed by atoms with Crippen LogP contribution in [0.5, 0.6) is 0 Å². The van der Waals surface area contributed by atoms with Crippen LogP contribution in [0.4, 0.5) is 0 Å². The number of hydrogen-bond acceptors (Lipinski definition) is 4. The Morgan fingerprint density at radius 3 is 2.40 bits per heavy atom. The summed E-state index contributed by atoms with van der Waals surface area (Å²) in [6.45, 7) is 0. The number of aliphatic hydroxyl groups is 1. The van der Waals surface area contributed by atoms with Crippen LogP contribution in [0.15, 0.2) is 0 Å². The lowest BCUT2D eigenvalue weighted by molar-refractivity contribution is -0.188. The van der Waals surface area contributed by atoms with E-state index in [4.69, 9.17) is 19.3 Å². The van der Waals surface area contributed by atoms with Gasteiger partial charge in [0.05, 0.1) is 0 Å². The van der Waals surface area contributed by atoms with Crippen LogP contribution in [0.3, 0.4) is 0 Å². The Bertz CT molecular complexity index is 106. The van der Waals surface area contributed by atoms with Crippen molar-refractivity contribution in [3.8, 4) is 0 Å². The smallest absolute Gasteiger partial charge is 0.184 e. The van der Waals surface area contributed by atoms with Crippen LogP contribution < -0.4 is 0 Å². The first-order chi connectivity index (χ1) is 4.77. The Hall–Kier alpha value is -0.160. The summed E-state index contributed by atoms with van der Waals surface area (Å²) in [5, 5.41) is 9.06. The molecule has 0 aromatic carbocycles. The van der Waals surface area contributed by atoms with E-state index in [1.54, 1.807) is 0 Å². The van der Waals surface area contributed by atoms with Gasteiger partial charge < -0.3 is 19.3 Å². The second-order valence-electron chi connectivity index (χ2n) is 2.20. The van der Waals surface area contributed by atoms with Crippen molar-refractivity contribution in [1.82, 2.24) is 0 Å². The third-order valence-corrected chi connectivity index (χ3v) is 1.60. The van der Waals surface area contributed by atoms with Gasteiger partial charge in [-0.05, 0) is 0 Å². The maximum atomic E-state index is 9.06. The van der Waals surface area contributed by atoms with E-state index >= 15 is 0 Å². The van der Waals surface area contributed by atoms with Crippen molar-refractivity contribution in [2.45, 2.75) is 25.1 Å². The average Bonchev–Trinajstić information content (AvgIpc) is 2.30. The largest absolute Gasteiger partial charge is 0.376 e. The van der Waals surface area contributed by atoms with Crippen molar-refractivity contribution in [2.75, 3.05) is 14.2 Å². The summed E-state index contributed by atoms with van der Waals surface area (Å²) < 4.78 is 14.7. The van der Waals surface area contributed by atoms with E-state index in [9.17, 15) is 0 Å². The SMILES string of the molecule is COC1CC(OC)C(O)O1. The maximum absolute atomic E-state index is 9.06. The predicted octanol–water partition coefficient (Wildman–Crippen LogP) is -0.287. The first-order valence-electron chi connectivity index (χ1n) is 3.17. The van der Waals surface area contributed by atoms with E-state index in [0.29, 0.717) is 6.42 Å². The Kier molecular flexibility index (Phi) is 2.62. The Balaban J connectivity index is 2.36. The Labute approximate surface area is 59.7 Å². The zero-order valence-corrected chi connectivity index (χ0v) is 6.11. The highest BCUT2D eigenvalue weighted by Crippen LogP contribution is 2.20. The third kappa shape index (κ3) is 1.46. The minimum absolute atomic E-state index is 0.245. The molecule has 0 aromatic heterocycles. The zero-order chi connectivity index (χ0) is 7.56. The minimum Gasteiger partial charge on any atom is -0.376 e. The van der Waals surface area contributed by atoms with Crippen LogP contribution in [0, 0.1) is 0 Å². The second kappa shape index (κ2) is 3.30. The molecular weight excluding hydrogens is 136 g/mol. The highest BCUT2D eigenvalue weighted by molar-refractivity contribution is 4.70. The summed E-state index contributed by atoms with van der Waals surface area (Å²) in [6, 6.07) is 0. The van der Waals surface area contributed by atoms with Gasteiger partial charge in [0, 0.05) is 20.6 Å². The molecule has 1 N–H and O–H groups in total. The summed E-state index contributed by atoms with van der Waals surface area (Å²) in [5.74, 6) is 0. The zero-order valence-electron chi connectivity index (χ0n) is 6.11. The summed E-state index contributed by atoms with van der Waals surface area (Å²) in [5.41, 5.74) is 0. The molecule has 0 aliphatic carbocycles. The van der Waals surface area contributed by atoms with E-state index in [0.717, 1.165) is 0 Å². The number of aliphatic hydroxyl groups excluding tert-OH is 1. The van der Waals surface area contributed by atoms with Gasteiger partial charge >= 0.3 is 0 Å². The summed E-state index contributed by atoms with van der Waals surface area (Å²) >= 11 is 0. The van der Waals surface area contributed by atoms with Gasteiger partial charge in [-0.3, -0.25) is 0 Å². The fourth-order valence-electron chi connectivity index (χ4n) is 0.969. The van der Waals surface area contributed by atoms with Gasteiger partial charge in [-0.15, -0.1) is 0 Å². The van der Waals surface area contributed by atoms with E-state index in [1.807, 2.05) is 0 Å². The van der Waals surface area contributed by atoms with Gasteiger partial charge in [0.1, 0.15) is 6.10 Å². The molecule has 1 heterocycles. The van der Waals surface area contributed by atoms with Crippen molar-refractivity contribution in [2.24, 2.45) is 0 Å². The van der Waals surface area contributed by atoms with Crippen molar-refractivity contribution in [3.05, 3.63) is 0 Å². The molecule has 1 rings (SSSR count). The Morgan fingerprint density at radius 1 is 1.40 bits per heavy atom. The molecule has 1 fully saturated rings. The highest BCUT2D eigenvalue weighted by atomic mass is 16.7. The van der Waals surface area contributed by atoms with E-state index in [1.165, 1.54) is 14.2 Å². The third-order valence-electron chi connectivity index (χ3n) is 1.60. The predicted molar refractivity (Wildman–Crippen MR) is 33.3 cm³/mol. The molecule has 0 aromatic rings. The van der Waals surface area contributed by atoms with Crippen LogP contribution in [-0.4, -0.2) is 38.0 Å². The van der Waals surface area contributed by atoms with E-state index < -0.39 is 6.29 Å².